The molecule has 0 bridgehead atoms. The quantitative estimate of drug-likeness (QED) is 0.762. The zero-order valence-corrected chi connectivity index (χ0v) is 7.96. The molecular weight excluding hydrogens is 209 g/mol. The van der Waals surface area contributed by atoms with Crippen LogP contribution in [0.25, 0.3) is 0 Å². The van der Waals surface area contributed by atoms with Crippen molar-refractivity contribution in [2.24, 2.45) is 11.7 Å². The maximum absolute atomic E-state index is 12.3. The summed E-state index contributed by atoms with van der Waals surface area (Å²) in [6.45, 7) is 0.912. The van der Waals surface area contributed by atoms with Crippen molar-refractivity contribution in [2.75, 3.05) is 6.54 Å². The fraction of sp³-hybridized carbons (Fsp3) is 0.750. The zero-order valence-electron chi connectivity index (χ0n) is 7.96. The number of hydrogen-bond donors (Lipinski definition) is 1. The highest BCUT2D eigenvalue weighted by molar-refractivity contribution is 4.99. The molecule has 0 saturated heterocycles. The second-order valence-electron chi connectivity index (χ2n) is 3.67. The Bertz CT molecular complexity index is 357. The third-order valence-corrected chi connectivity index (χ3v) is 2.54. The lowest BCUT2D eigenvalue weighted by Gasteiger charge is -2.20. The van der Waals surface area contributed by atoms with Crippen LogP contribution in [0.1, 0.15) is 18.1 Å². The van der Waals surface area contributed by atoms with Crippen LogP contribution in [0.2, 0.25) is 0 Å². The maximum atomic E-state index is 12.3. The smallest absolute Gasteiger partial charge is 0.330 e. The van der Waals surface area contributed by atoms with Crippen molar-refractivity contribution in [2.45, 2.75) is 25.6 Å². The molecule has 84 valence electrons. The summed E-state index contributed by atoms with van der Waals surface area (Å²) in [6, 6.07) is 0. The van der Waals surface area contributed by atoms with E-state index in [2.05, 4.69) is 10.1 Å². The number of fused-ring (bicyclic) bond motifs is 1. The van der Waals surface area contributed by atoms with Crippen LogP contribution >= 0.6 is 0 Å². The standard InChI is InChI=1S/C8H11F3N4/c9-8(10,11)7-13-6-2-1-5(3-12)4-15(6)14-7/h5H,1-4,12H2. The molecule has 7 heteroatoms. The summed E-state index contributed by atoms with van der Waals surface area (Å²) in [5, 5.41) is 3.45. The first-order chi connectivity index (χ1) is 7.00. The topological polar surface area (TPSA) is 56.7 Å². The van der Waals surface area contributed by atoms with Gasteiger partial charge in [0, 0.05) is 13.0 Å². The fourth-order valence-corrected chi connectivity index (χ4v) is 1.69. The highest BCUT2D eigenvalue weighted by Crippen LogP contribution is 2.28. The number of aromatic nitrogens is 3. The van der Waals surface area contributed by atoms with Crippen molar-refractivity contribution in [3.8, 4) is 0 Å². The molecule has 1 aromatic heterocycles. The molecule has 0 amide bonds. The Balaban J connectivity index is 2.26. The molecule has 0 radical (unpaired) electrons. The number of nitrogens with zero attached hydrogens (tertiary/aromatic N) is 3. The molecule has 0 saturated carbocycles. The molecule has 1 aliphatic heterocycles. The van der Waals surface area contributed by atoms with Crippen LogP contribution in [0.5, 0.6) is 0 Å². The number of alkyl halides is 3. The SMILES string of the molecule is NCC1CCc2nc(C(F)(F)F)nn2C1. The highest BCUT2D eigenvalue weighted by Gasteiger charge is 2.37. The van der Waals surface area contributed by atoms with Gasteiger partial charge in [-0.05, 0) is 18.9 Å². The summed E-state index contributed by atoms with van der Waals surface area (Å²) < 4.78 is 38.2. The Labute approximate surface area is 84.3 Å². The Morgan fingerprint density at radius 2 is 2.20 bits per heavy atom. The Morgan fingerprint density at radius 3 is 2.80 bits per heavy atom. The first kappa shape index (κ1) is 10.4. The van der Waals surface area contributed by atoms with Gasteiger partial charge in [0.05, 0.1) is 0 Å². The molecule has 1 atom stereocenters. The highest BCUT2D eigenvalue weighted by atomic mass is 19.4. The van der Waals surface area contributed by atoms with Gasteiger partial charge >= 0.3 is 6.18 Å². The lowest BCUT2D eigenvalue weighted by molar-refractivity contribution is -0.145. The van der Waals surface area contributed by atoms with Crippen LogP contribution in [0, 0.1) is 5.92 Å². The molecule has 0 aliphatic carbocycles. The van der Waals surface area contributed by atoms with Gasteiger partial charge in [0.15, 0.2) is 0 Å². The normalized spacial score (nSPS) is 21.5. The molecular formula is C8H11F3N4. The van der Waals surface area contributed by atoms with Crippen molar-refractivity contribution in [3.63, 3.8) is 0 Å². The number of nitrogens with two attached hydrogens (primary N) is 1. The first-order valence-corrected chi connectivity index (χ1v) is 4.71. The van der Waals surface area contributed by atoms with E-state index in [4.69, 9.17) is 5.73 Å². The molecule has 2 N–H and O–H groups in total. The summed E-state index contributed by atoms with van der Waals surface area (Å²) in [4.78, 5) is 3.48. The van der Waals surface area contributed by atoms with Crippen LogP contribution in [0.4, 0.5) is 13.2 Å². The Kier molecular flexibility index (Phi) is 2.41. The lowest BCUT2D eigenvalue weighted by Crippen LogP contribution is -2.27. The van der Waals surface area contributed by atoms with E-state index >= 15 is 0 Å². The van der Waals surface area contributed by atoms with Crippen molar-refractivity contribution in [3.05, 3.63) is 11.6 Å². The Hall–Kier alpha value is -1.11. The van der Waals surface area contributed by atoms with Crippen LogP contribution in [0.15, 0.2) is 0 Å². The summed E-state index contributed by atoms with van der Waals surface area (Å²) >= 11 is 0. The molecule has 2 heterocycles. The van der Waals surface area contributed by atoms with Crippen molar-refractivity contribution in [1.82, 2.24) is 14.8 Å². The summed E-state index contributed by atoms with van der Waals surface area (Å²) in [6.07, 6.45) is -3.15. The van der Waals surface area contributed by atoms with E-state index in [-0.39, 0.29) is 5.92 Å². The lowest BCUT2D eigenvalue weighted by atomic mass is 10.0. The molecule has 1 aliphatic rings. The van der Waals surface area contributed by atoms with Crippen LogP contribution in [-0.2, 0) is 19.1 Å². The van der Waals surface area contributed by atoms with E-state index in [0.717, 1.165) is 6.42 Å². The van der Waals surface area contributed by atoms with Gasteiger partial charge in [-0.1, -0.05) is 0 Å². The predicted octanol–water partition coefficient (Wildman–Crippen LogP) is 0.818. The maximum Gasteiger partial charge on any atom is 0.453 e. The number of aryl methyl sites for hydroxylation is 1. The second kappa shape index (κ2) is 3.48. The van der Waals surface area contributed by atoms with Gasteiger partial charge < -0.3 is 5.73 Å². The molecule has 1 unspecified atom stereocenters. The predicted molar refractivity (Wildman–Crippen MR) is 45.9 cm³/mol. The summed E-state index contributed by atoms with van der Waals surface area (Å²) in [7, 11) is 0. The van der Waals surface area contributed by atoms with Gasteiger partial charge in [0.2, 0.25) is 0 Å². The monoisotopic (exact) mass is 220 g/mol. The van der Waals surface area contributed by atoms with Gasteiger partial charge in [-0.15, -0.1) is 5.10 Å². The van der Waals surface area contributed by atoms with E-state index < -0.39 is 12.0 Å². The summed E-state index contributed by atoms with van der Waals surface area (Å²) in [5.41, 5.74) is 5.47. The third-order valence-electron chi connectivity index (χ3n) is 2.54. The molecule has 0 fully saturated rings. The van der Waals surface area contributed by atoms with Crippen molar-refractivity contribution >= 4 is 0 Å². The zero-order chi connectivity index (χ0) is 11.1. The van der Waals surface area contributed by atoms with Crippen molar-refractivity contribution in [1.29, 1.82) is 0 Å². The second-order valence-corrected chi connectivity index (χ2v) is 3.67. The minimum absolute atomic E-state index is 0.209. The van der Waals surface area contributed by atoms with Crippen LogP contribution in [-0.4, -0.2) is 21.3 Å². The molecule has 1 aromatic rings. The number of rotatable bonds is 1. The van der Waals surface area contributed by atoms with Gasteiger partial charge in [0.1, 0.15) is 5.82 Å². The molecule has 0 spiro atoms. The van der Waals surface area contributed by atoms with Gasteiger partial charge in [-0.2, -0.15) is 13.2 Å². The molecule has 0 aromatic carbocycles. The average Bonchev–Trinajstić information content (AvgIpc) is 2.59. The minimum Gasteiger partial charge on any atom is -0.330 e. The first-order valence-electron chi connectivity index (χ1n) is 4.71. The van der Waals surface area contributed by atoms with Crippen LogP contribution < -0.4 is 5.73 Å². The number of hydrogen-bond acceptors (Lipinski definition) is 3. The van der Waals surface area contributed by atoms with Crippen molar-refractivity contribution < 1.29 is 13.2 Å². The number of halogens is 3. The summed E-state index contributed by atoms with van der Waals surface area (Å²) in [5.74, 6) is -0.428. The fourth-order valence-electron chi connectivity index (χ4n) is 1.69. The largest absolute Gasteiger partial charge is 0.453 e. The van der Waals surface area contributed by atoms with E-state index in [1.807, 2.05) is 0 Å². The minimum atomic E-state index is -4.46. The van der Waals surface area contributed by atoms with E-state index in [9.17, 15) is 13.2 Å². The van der Waals surface area contributed by atoms with Gasteiger partial charge in [-0.25, -0.2) is 9.67 Å². The van der Waals surface area contributed by atoms with Gasteiger partial charge in [-0.3, -0.25) is 0 Å². The van der Waals surface area contributed by atoms with E-state index in [1.54, 1.807) is 0 Å². The van der Waals surface area contributed by atoms with E-state index in [1.165, 1.54) is 4.68 Å². The molecule has 15 heavy (non-hydrogen) atoms. The third kappa shape index (κ3) is 1.97. The van der Waals surface area contributed by atoms with Crippen LogP contribution in [0.3, 0.4) is 0 Å². The Morgan fingerprint density at radius 1 is 1.47 bits per heavy atom. The molecule has 2 rings (SSSR count). The van der Waals surface area contributed by atoms with Gasteiger partial charge in [0.25, 0.3) is 5.82 Å². The average molecular weight is 220 g/mol. The molecule has 4 nitrogen and oxygen atoms in total. The van der Waals surface area contributed by atoms with E-state index in [0.29, 0.717) is 25.3 Å².